The number of benzene rings is 1. The molecule has 38 heavy (non-hydrogen) atoms. The fourth-order valence-corrected chi connectivity index (χ4v) is 4.70. The first-order valence-corrected chi connectivity index (χ1v) is 13.0. The first-order valence-electron chi connectivity index (χ1n) is 12.6. The molecule has 3 N–H and O–H groups in total. The van der Waals surface area contributed by atoms with Crippen LogP contribution < -0.4 is 25.8 Å². The van der Waals surface area contributed by atoms with Gasteiger partial charge in [0, 0.05) is 37.8 Å². The predicted molar refractivity (Wildman–Crippen MR) is 143 cm³/mol. The fourth-order valence-electron chi connectivity index (χ4n) is 4.56. The van der Waals surface area contributed by atoms with E-state index in [0.29, 0.717) is 60.9 Å². The Balaban J connectivity index is 1.42. The molecule has 2 aliphatic rings. The van der Waals surface area contributed by atoms with Crippen molar-refractivity contribution in [3.63, 3.8) is 0 Å². The maximum atomic E-state index is 13.1. The molecule has 1 saturated carbocycles. The Labute approximate surface area is 223 Å². The maximum absolute atomic E-state index is 13.1. The minimum Gasteiger partial charge on any atom is -0.481 e. The quantitative estimate of drug-likeness (QED) is 0.373. The number of hydrogen-bond donors (Lipinski definition) is 3. The van der Waals surface area contributed by atoms with Crippen molar-refractivity contribution in [2.45, 2.75) is 32.2 Å². The van der Waals surface area contributed by atoms with E-state index in [1.807, 2.05) is 23.1 Å². The Morgan fingerprint density at radius 3 is 2.63 bits per heavy atom. The predicted octanol–water partition coefficient (Wildman–Crippen LogP) is 3.02. The standard InChI is InChI=1S/C26H29ClN6O5/c1-28-22(34)14-38-21-11-17-10-18(4-5-20(17)33(24(21)35)13-15-2-3-15)30-23-19(27)12-29-26(31-23)32-8-6-16(7-9-32)25(36)37/h4-5,10-12,15-16H,2-3,6-9,13-14H2,1H3,(H,28,34)(H,36,37)(H,29,30,31). The van der Waals surface area contributed by atoms with Gasteiger partial charge in [-0.1, -0.05) is 11.6 Å². The highest BCUT2D eigenvalue weighted by Gasteiger charge is 2.26. The number of aliphatic carboxylic acids is 1. The lowest BCUT2D eigenvalue weighted by Crippen LogP contribution is -2.37. The van der Waals surface area contributed by atoms with E-state index in [-0.39, 0.29) is 29.7 Å². The lowest BCUT2D eigenvalue weighted by atomic mass is 9.97. The van der Waals surface area contributed by atoms with Crippen LogP contribution in [0, 0.1) is 11.8 Å². The van der Waals surface area contributed by atoms with Crippen molar-refractivity contribution >= 4 is 51.8 Å². The normalized spacial score (nSPS) is 15.9. The van der Waals surface area contributed by atoms with Crippen LogP contribution in [0.4, 0.5) is 17.5 Å². The number of fused-ring (bicyclic) bond motifs is 1. The van der Waals surface area contributed by atoms with Gasteiger partial charge in [0.1, 0.15) is 5.02 Å². The number of piperidine rings is 1. The van der Waals surface area contributed by atoms with E-state index in [9.17, 15) is 19.5 Å². The molecule has 0 atom stereocenters. The SMILES string of the molecule is CNC(=O)COc1cc2cc(Nc3nc(N4CCC(C(=O)O)CC4)ncc3Cl)ccc2n(CC2CC2)c1=O. The molecule has 2 aromatic heterocycles. The molecule has 1 aliphatic carbocycles. The summed E-state index contributed by atoms with van der Waals surface area (Å²) in [4.78, 5) is 47.0. The highest BCUT2D eigenvalue weighted by Crippen LogP contribution is 2.33. The lowest BCUT2D eigenvalue weighted by Gasteiger charge is -2.30. The van der Waals surface area contributed by atoms with Gasteiger partial charge in [-0.2, -0.15) is 4.98 Å². The number of halogens is 1. The van der Waals surface area contributed by atoms with Gasteiger partial charge in [0.15, 0.2) is 18.2 Å². The van der Waals surface area contributed by atoms with E-state index in [0.717, 1.165) is 23.7 Å². The number of carboxylic acid groups (broad SMARTS) is 1. The Kier molecular flexibility index (Phi) is 7.37. The third kappa shape index (κ3) is 5.67. The summed E-state index contributed by atoms with van der Waals surface area (Å²) in [7, 11) is 1.51. The average molecular weight is 541 g/mol. The van der Waals surface area contributed by atoms with E-state index in [2.05, 4.69) is 20.6 Å². The van der Waals surface area contributed by atoms with Crippen LogP contribution in [0.5, 0.6) is 5.75 Å². The molecule has 2 fully saturated rings. The molecule has 3 aromatic rings. The molecule has 12 heteroatoms. The highest BCUT2D eigenvalue weighted by atomic mass is 35.5. The van der Waals surface area contributed by atoms with Gasteiger partial charge in [-0.25, -0.2) is 4.98 Å². The first-order chi connectivity index (χ1) is 18.3. The van der Waals surface area contributed by atoms with Gasteiger partial charge in [-0.05, 0) is 55.9 Å². The second-order valence-electron chi connectivity index (χ2n) is 9.69. The molecule has 0 bridgehead atoms. The van der Waals surface area contributed by atoms with E-state index in [1.54, 1.807) is 10.6 Å². The van der Waals surface area contributed by atoms with Gasteiger partial charge in [-0.15, -0.1) is 0 Å². The third-order valence-corrected chi connectivity index (χ3v) is 7.23. The lowest BCUT2D eigenvalue weighted by molar-refractivity contribution is -0.142. The number of amides is 1. The molecule has 5 rings (SSSR count). The molecule has 1 aliphatic heterocycles. The van der Waals surface area contributed by atoms with Crippen molar-refractivity contribution in [1.29, 1.82) is 0 Å². The summed E-state index contributed by atoms with van der Waals surface area (Å²) in [6.45, 7) is 1.44. The highest BCUT2D eigenvalue weighted by molar-refractivity contribution is 6.32. The van der Waals surface area contributed by atoms with Gasteiger partial charge in [0.05, 0.1) is 17.6 Å². The molecule has 1 saturated heterocycles. The van der Waals surface area contributed by atoms with Crippen molar-refractivity contribution in [2.75, 3.05) is 37.0 Å². The minimum absolute atomic E-state index is 0.117. The second-order valence-corrected chi connectivity index (χ2v) is 10.1. The fraction of sp³-hybridized carbons (Fsp3) is 0.423. The molecule has 200 valence electrons. The van der Waals surface area contributed by atoms with E-state index < -0.39 is 5.97 Å². The van der Waals surface area contributed by atoms with Crippen molar-refractivity contribution in [2.24, 2.45) is 11.8 Å². The number of nitrogens with one attached hydrogen (secondary N) is 2. The number of carboxylic acids is 1. The Morgan fingerprint density at radius 2 is 1.95 bits per heavy atom. The van der Waals surface area contributed by atoms with E-state index in [4.69, 9.17) is 16.3 Å². The third-order valence-electron chi connectivity index (χ3n) is 6.96. The van der Waals surface area contributed by atoms with E-state index in [1.165, 1.54) is 13.2 Å². The molecule has 0 radical (unpaired) electrons. The number of anilines is 3. The monoisotopic (exact) mass is 540 g/mol. The van der Waals surface area contributed by atoms with Crippen molar-refractivity contribution in [1.82, 2.24) is 19.9 Å². The van der Waals surface area contributed by atoms with Crippen molar-refractivity contribution in [3.05, 3.63) is 45.8 Å². The molecule has 0 spiro atoms. The van der Waals surface area contributed by atoms with Gasteiger partial charge >= 0.3 is 5.97 Å². The summed E-state index contributed by atoms with van der Waals surface area (Å²) in [6.07, 6.45) is 4.75. The molecular weight excluding hydrogens is 512 g/mol. The maximum Gasteiger partial charge on any atom is 0.306 e. The number of carbonyl (C=O) groups is 2. The molecule has 3 heterocycles. The molecular formula is C26H29ClN6O5. The van der Waals surface area contributed by atoms with Crippen LogP contribution in [0.3, 0.4) is 0 Å². The molecule has 1 aromatic carbocycles. The van der Waals surface area contributed by atoms with E-state index >= 15 is 0 Å². The number of hydrogen-bond acceptors (Lipinski definition) is 8. The van der Waals surface area contributed by atoms with Gasteiger partial charge in [0.25, 0.3) is 11.5 Å². The number of likely N-dealkylation sites (N-methyl/N-ethyl adjacent to an activating group) is 1. The van der Waals surface area contributed by atoms with Crippen LogP contribution in [-0.4, -0.2) is 58.3 Å². The molecule has 11 nitrogen and oxygen atoms in total. The topological polar surface area (TPSA) is 139 Å². The minimum atomic E-state index is -0.773. The van der Waals surface area contributed by atoms with Crippen LogP contribution in [0.1, 0.15) is 25.7 Å². The summed E-state index contributed by atoms with van der Waals surface area (Å²) in [5.74, 6) is 0.0209. The zero-order valence-corrected chi connectivity index (χ0v) is 21.7. The smallest absolute Gasteiger partial charge is 0.306 e. The number of aromatic nitrogens is 3. The zero-order chi connectivity index (χ0) is 26.8. The zero-order valence-electron chi connectivity index (χ0n) is 20.9. The summed E-state index contributed by atoms with van der Waals surface area (Å²) in [5, 5.41) is 16.1. The van der Waals surface area contributed by atoms with Crippen molar-refractivity contribution in [3.8, 4) is 5.75 Å². The number of nitrogens with zero attached hydrogens (tertiary/aromatic N) is 4. The van der Waals surface area contributed by atoms with Crippen LogP contribution in [0.25, 0.3) is 10.9 Å². The van der Waals surface area contributed by atoms with Crippen molar-refractivity contribution < 1.29 is 19.4 Å². The van der Waals surface area contributed by atoms with Crippen LogP contribution >= 0.6 is 11.6 Å². The average Bonchev–Trinajstić information content (AvgIpc) is 3.74. The van der Waals surface area contributed by atoms with Crippen LogP contribution in [0.2, 0.25) is 5.02 Å². The Bertz CT molecular complexity index is 1430. The number of carbonyl (C=O) groups excluding carboxylic acids is 1. The number of ether oxygens (including phenoxy) is 1. The van der Waals surface area contributed by atoms with Crippen LogP contribution in [-0.2, 0) is 16.1 Å². The number of rotatable bonds is 9. The van der Waals surface area contributed by atoms with Gasteiger partial charge in [-0.3, -0.25) is 14.4 Å². The summed E-state index contributed by atoms with van der Waals surface area (Å²) in [5.41, 5.74) is 1.21. The van der Waals surface area contributed by atoms with Gasteiger partial charge in [0.2, 0.25) is 5.95 Å². The second kappa shape index (κ2) is 10.9. The summed E-state index contributed by atoms with van der Waals surface area (Å²) in [6, 6.07) is 7.25. The molecule has 1 amide bonds. The van der Waals surface area contributed by atoms with Crippen LogP contribution in [0.15, 0.2) is 35.3 Å². The summed E-state index contributed by atoms with van der Waals surface area (Å²) >= 11 is 6.40. The largest absolute Gasteiger partial charge is 0.481 e. The van der Waals surface area contributed by atoms with Gasteiger partial charge < -0.3 is 29.9 Å². The first kappa shape index (κ1) is 25.8. The Morgan fingerprint density at radius 1 is 1.18 bits per heavy atom. The number of pyridine rings is 1. The Hall–Kier alpha value is -3.86. The molecule has 0 unspecified atom stereocenters. The summed E-state index contributed by atoms with van der Waals surface area (Å²) < 4.78 is 7.29.